The number of amides is 1. The van der Waals surface area contributed by atoms with Gasteiger partial charge >= 0.3 is 0 Å². The van der Waals surface area contributed by atoms with E-state index in [9.17, 15) is 4.79 Å². The molecule has 1 heterocycles. The first kappa shape index (κ1) is 13.0. The van der Waals surface area contributed by atoms with Gasteiger partial charge in [0.25, 0.3) is 0 Å². The Labute approximate surface area is 107 Å². The first-order valence-electron chi connectivity index (χ1n) is 6.58. The van der Waals surface area contributed by atoms with Crippen LogP contribution in [0, 0.1) is 0 Å². The lowest BCUT2D eigenvalue weighted by molar-refractivity contribution is -0.120. The van der Waals surface area contributed by atoms with Crippen LogP contribution in [0.4, 0.5) is 0 Å². The molecular formula is C12H21N5O. The highest BCUT2D eigenvalue weighted by Crippen LogP contribution is 2.17. The fourth-order valence-electron chi connectivity index (χ4n) is 2.28. The van der Waals surface area contributed by atoms with Gasteiger partial charge in [0, 0.05) is 26.1 Å². The number of nitrogens with zero attached hydrogens (tertiary/aromatic N) is 3. The smallest absolute Gasteiger partial charge is 0.234 e. The summed E-state index contributed by atoms with van der Waals surface area (Å²) in [6, 6.07) is 0.401. The highest BCUT2D eigenvalue weighted by molar-refractivity contribution is 5.78. The Morgan fingerprint density at radius 1 is 1.50 bits per heavy atom. The SMILES string of the molecule is Cn1cnnc1CCNCC(=O)NC1CCCC1. The highest BCUT2D eigenvalue weighted by atomic mass is 16.1. The van der Waals surface area contributed by atoms with Crippen molar-refractivity contribution in [1.82, 2.24) is 25.4 Å². The van der Waals surface area contributed by atoms with Gasteiger partial charge in [-0.3, -0.25) is 4.79 Å². The van der Waals surface area contributed by atoms with Crippen molar-refractivity contribution in [1.29, 1.82) is 0 Å². The molecule has 1 fully saturated rings. The van der Waals surface area contributed by atoms with Gasteiger partial charge in [-0.2, -0.15) is 0 Å². The van der Waals surface area contributed by atoms with Crippen molar-refractivity contribution in [2.24, 2.45) is 7.05 Å². The molecule has 0 radical (unpaired) electrons. The van der Waals surface area contributed by atoms with E-state index in [2.05, 4.69) is 20.8 Å². The second kappa shape index (κ2) is 6.49. The lowest BCUT2D eigenvalue weighted by Crippen LogP contribution is -2.39. The molecule has 1 aliphatic rings. The van der Waals surface area contributed by atoms with Crippen molar-refractivity contribution in [3.63, 3.8) is 0 Å². The molecule has 18 heavy (non-hydrogen) atoms. The number of carbonyl (C=O) groups excluding carboxylic acids is 1. The molecular weight excluding hydrogens is 230 g/mol. The molecule has 1 saturated carbocycles. The van der Waals surface area contributed by atoms with Gasteiger partial charge in [-0.25, -0.2) is 0 Å². The Morgan fingerprint density at radius 3 is 2.94 bits per heavy atom. The number of nitrogens with one attached hydrogen (secondary N) is 2. The number of carbonyl (C=O) groups is 1. The van der Waals surface area contributed by atoms with Gasteiger partial charge < -0.3 is 15.2 Å². The Bertz CT molecular complexity index is 384. The van der Waals surface area contributed by atoms with Crippen molar-refractivity contribution in [3.05, 3.63) is 12.2 Å². The Balaban J connectivity index is 1.57. The Hall–Kier alpha value is -1.43. The molecule has 1 aromatic rings. The zero-order valence-corrected chi connectivity index (χ0v) is 10.9. The number of hydrogen-bond acceptors (Lipinski definition) is 4. The number of aromatic nitrogens is 3. The van der Waals surface area contributed by atoms with Crippen LogP contribution in [0.2, 0.25) is 0 Å². The molecule has 0 saturated heterocycles. The topological polar surface area (TPSA) is 71.8 Å². The monoisotopic (exact) mass is 251 g/mol. The molecule has 2 N–H and O–H groups in total. The Kier molecular flexibility index (Phi) is 4.69. The van der Waals surface area contributed by atoms with Gasteiger partial charge in [-0.05, 0) is 12.8 Å². The lowest BCUT2D eigenvalue weighted by atomic mass is 10.2. The van der Waals surface area contributed by atoms with Gasteiger partial charge in [-0.1, -0.05) is 12.8 Å². The van der Waals surface area contributed by atoms with Crippen molar-refractivity contribution in [2.45, 2.75) is 38.1 Å². The van der Waals surface area contributed by atoms with Crippen LogP contribution < -0.4 is 10.6 Å². The number of aryl methyl sites for hydroxylation is 1. The van der Waals surface area contributed by atoms with E-state index in [0.717, 1.165) is 31.6 Å². The van der Waals surface area contributed by atoms with Crippen molar-refractivity contribution in [2.75, 3.05) is 13.1 Å². The molecule has 2 rings (SSSR count). The van der Waals surface area contributed by atoms with E-state index < -0.39 is 0 Å². The Morgan fingerprint density at radius 2 is 2.28 bits per heavy atom. The van der Waals surface area contributed by atoms with Crippen LogP contribution in [0.15, 0.2) is 6.33 Å². The van der Waals surface area contributed by atoms with Crippen LogP contribution in [0.25, 0.3) is 0 Å². The van der Waals surface area contributed by atoms with E-state index >= 15 is 0 Å². The minimum absolute atomic E-state index is 0.0971. The summed E-state index contributed by atoms with van der Waals surface area (Å²) in [5.41, 5.74) is 0. The van der Waals surface area contributed by atoms with E-state index in [0.29, 0.717) is 12.6 Å². The summed E-state index contributed by atoms with van der Waals surface area (Å²) in [6.07, 6.45) is 7.21. The standard InChI is InChI=1S/C12H21N5O/c1-17-9-14-16-11(17)6-7-13-8-12(18)15-10-4-2-3-5-10/h9-10,13H,2-8H2,1H3,(H,15,18). The molecule has 0 unspecified atom stereocenters. The van der Waals surface area contributed by atoms with E-state index in [4.69, 9.17) is 0 Å². The zero-order chi connectivity index (χ0) is 12.8. The first-order chi connectivity index (χ1) is 8.75. The normalized spacial score (nSPS) is 16.1. The van der Waals surface area contributed by atoms with Crippen LogP contribution >= 0.6 is 0 Å². The minimum Gasteiger partial charge on any atom is -0.352 e. The summed E-state index contributed by atoms with van der Waals surface area (Å²) in [5.74, 6) is 1.03. The highest BCUT2D eigenvalue weighted by Gasteiger charge is 2.16. The fourth-order valence-corrected chi connectivity index (χ4v) is 2.28. The third-order valence-corrected chi connectivity index (χ3v) is 3.34. The summed E-state index contributed by atoms with van der Waals surface area (Å²) < 4.78 is 1.89. The number of rotatable bonds is 6. The predicted octanol–water partition coefficient (Wildman–Crippen LogP) is 0.00600. The predicted molar refractivity (Wildman–Crippen MR) is 68.0 cm³/mol. The molecule has 6 nitrogen and oxygen atoms in total. The van der Waals surface area contributed by atoms with E-state index in [1.807, 2.05) is 11.6 Å². The molecule has 1 aromatic heterocycles. The van der Waals surface area contributed by atoms with Crippen LogP contribution in [0.3, 0.4) is 0 Å². The maximum Gasteiger partial charge on any atom is 0.234 e. The molecule has 0 aromatic carbocycles. The van der Waals surface area contributed by atoms with E-state index in [1.54, 1.807) is 6.33 Å². The van der Waals surface area contributed by atoms with Crippen LogP contribution in [-0.2, 0) is 18.3 Å². The van der Waals surface area contributed by atoms with Crippen LogP contribution in [-0.4, -0.2) is 39.8 Å². The second-order valence-corrected chi connectivity index (χ2v) is 4.83. The number of hydrogen-bond donors (Lipinski definition) is 2. The van der Waals surface area contributed by atoms with Crippen molar-refractivity contribution >= 4 is 5.91 Å². The lowest BCUT2D eigenvalue weighted by Gasteiger charge is -2.12. The third kappa shape index (κ3) is 3.80. The van der Waals surface area contributed by atoms with Crippen LogP contribution in [0.5, 0.6) is 0 Å². The summed E-state index contributed by atoms with van der Waals surface area (Å²) >= 11 is 0. The summed E-state index contributed by atoms with van der Waals surface area (Å²) in [5, 5.41) is 14.0. The fraction of sp³-hybridized carbons (Fsp3) is 0.750. The quantitative estimate of drug-likeness (QED) is 0.698. The summed E-state index contributed by atoms with van der Waals surface area (Å²) in [6.45, 7) is 1.12. The molecule has 0 bridgehead atoms. The molecule has 100 valence electrons. The average Bonchev–Trinajstić information content (AvgIpc) is 2.97. The largest absolute Gasteiger partial charge is 0.352 e. The average molecular weight is 251 g/mol. The third-order valence-electron chi connectivity index (χ3n) is 3.34. The van der Waals surface area contributed by atoms with Crippen LogP contribution in [0.1, 0.15) is 31.5 Å². The van der Waals surface area contributed by atoms with Gasteiger partial charge in [0.05, 0.1) is 6.54 Å². The maximum atomic E-state index is 11.6. The van der Waals surface area contributed by atoms with Crippen molar-refractivity contribution < 1.29 is 4.79 Å². The molecule has 0 atom stereocenters. The summed E-state index contributed by atoms with van der Waals surface area (Å²) in [7, 11) is 1.92. The van der Waals surface area contributed by atoms with E-state index in [1.165, 1.54) is 12.8 Å². The van der Waals surface area contributed by atoms with Gasteiger partial charge in [-0.15, -0.1) is 10.2 Å². The van der Waals surface area contributed by atoms with Crippen molar-refractivity contribution in [3.8, 4) is 0 Å². The van der Waals surface area contributed by atoms with Gasteiger partial charge in [0.15, 0.2) is 0 Å². The first-order valence-corrected chi connectivity index (χ1v) is 6.58. The van der Waals surface area contributed by atoms with Gasteiger partial charge in [0.1, 0.15) is 12.2 Å². The maximum absolute atomic E-state index is 11.6. The molecule has 1 amide bonds. The molecule has 1 aliphatic carbocycles. The summed E-state index contributed by atoms with van der Waals surface area (Å²) in [4.78, 5) is 11.6. The second-order valence-electron chi connectivity index (χ2n) is 4.83. The van der Waals surface area contributed by atoms with Gasteiger partial charge in [0.2, 0.25) is 5.91 Å². The van der Waals surface area contributed by atoms with E-state index in [-0.39, 0.29) is 5.91 Å². The molecule has 6 heteroatoms. The zero-order valence-electron chi connectivity index (χ0n) is 10.9. The minimum atomic E-state index is 0.0971. The molecule has 0 spiro atoms. The molecule has 0 aliphatic heterocycles.